The quantitative estimate of drug-likeness (QED) is 0.639. The Morgan fingerprint density at radius 3 is 2.74 bits per heavy atom. The number of pyridine rings is 1. The topological polar surface area (TPSA) is 80.3 Å². The van der Waals surface area contributed by atoms with E-state index in [0.717, 1.165) is 16.7 Å². The zero-order chi connectivity index (χ0) is 21.6. The molecule has 2 amide bonds. The first kappa shape index (κ1) is 21.0. The first-order valence-corrected chi connectivity index (χ1v) is 10.4. The molecule has 2 heterocycles. The van der Waals surface area contributed by atoms with Crippen LogP contribution in [0.5, 0.6) is 0 Å². The maximum Gasteiger partial charge on any atom is 0.254 e. The van der Waals surface area contributed by atoms with E-state index < -0.39 is 6.10 Å². The van der Waals surface area contributed by atoms with E-state index in [1.807, 2.05) is 48.5 Å². The van der Waals surface area contributed by atoms with Crippen molar-refractivity contribution in [3.8, 4) is 11.1 Å². The van der Waals surface area contributed by atoms with E-state index in [9.17, 15) is 9.59 Å². The van der Waals surface area contributed by atoms with Crippen LogP contribution in [0.3, 0.4) is 0 Å². The second-order valence-corrected chi connectivity index (χ2v) is 7.77. The highest BCUT2D eigenvalue weighted by atomic mass is 35.5. The maximum atomic E-state index is 12.9. The van der Waals surface area contributed by atoms with Crippen LogP contribution in [0, 0.1) is 0 Å². The van der Waals surface area contributed by atoms with Crippen LogP contribution in [0.4, 0.5) is 0 Å². The van der Waals surface area contributed by atoms with Crippen molar-refractivity contribution in [2.75, 3.05) is 13.2 Å². The van der Waals surface area contributed by atoms with Gasteiger partial charge in [-0.2, -0.15) is 0 Å². The highest BCUT2D eigenvalue weighted by Crippen LogP contribution is 2.27. The maximum absolute atomic E-state index is 12.9. The number of aromatic nitrogens is 1. The Balaban J connectivity index is 1.41. The van der Waals surface area contributed by atoms with Crippen LogP contribution >= 0.6 is 11.6 Å². The fraction of sp³-hybridized carbons (Fsp3) is 0.208. The van der Waals surface area contributed by atoms with Gasteiger partial charge in [0.25, 0.3) is 11.8 Å². The first-order valence-electron chi connectivity index (χ1n) is 10.1. The fourth-order valence-corrected chi connectivity index (χ4v) is 3.62. The summed E-state index contributed by atoms with van der Waals surface area (Å²) in [5.41, 5.74) is 3.26. The molecule has 0 saturated carbocycles. The van der Waals surface area contributed by atoms with Gasteiger partial charge in [-0.3, -0.25) is 14.6 Å². The number of carbonyl (C=O) groups is 2. The van der Waals surface area contributed by atoms with E-state index >= 15 is 0 Å². The molecule has 1 aliphatic rings. The van der Waals surface area contributed by atoms with E-state index in [1.54, 1.807) is 18.3 Å². The molecule has 1 saturated heterocycles. The third kappa shape index (κ3) is 5.29. The van der Waals surface area contributed by atoms with Gasteiger partial charge >= 0.3 is 0 Å². The van der Waals surface area contributed by atoms with Crippen molar-refractivity contribution < 1.29 is 14.3 Å². The summed E-state index contributed by atoms with van der Waals surface area (Å²) in [4.78, 5) is 29.0. The van der Waals surface area contributed by atoms with E-state index in [0.29, 0.717) is 30.2 Å². The number of ether oxygens (including phenoxy) is 1. The summed E-state index contributed by atoms with van der Waals surface area (Å²) in [6, 6.07) is 18.5. The largest absolute Gasteiger partial charge is 0.364 e. The summed E-state index contributed by atoms with van der Waals surface area (Å²) >= 11 is 5.98. The molecule has 3 aromatic rings. The molecule has 7 heteroatoms. The average Bonchev–Trinajstić information content (AvgIpc) is 2.99. The number of rotatable bonds is 5. The minimum absolute atomic E-state index is 0.211. The van der Waals surface area contributed by atoms with Gasteiger partial charge in [-0.15, -0.1) is 0 Å². The van der Waals surface area contributed by atoms with E-state index in [1.165, 1.54) is 6.20 Å². The van der Waals surface area contributed by atoms with Crippen LogP contribution < -0.4 is 10.6 Å². The third-order valence-electron chi connectivity index (χ3n) is 5.14. The lowest BCUT2D eigenvalue weighted by atomic mass is 10.0. The van der Waals surface area contributed by atoms with Crippen LogP contribution in [-0.2, 0) is 9.53 Å². The number of nitrogens with zero attached hydrogens (tertiary/aromatic N) is 1. The molecule has 31 heavy (non-hydrogen) atoms. The molecule has 0 bridgehead atoms. The van der Waals surface area contributed by atoms with Gasteiger partial charge in [0.2, 0.25) is 0 Å². The normalized spacial score (nSPS) is 18.7. The van der Waals surface area contributed by atoms with Crippen LogP contribution in [0.1, 0.15) is 28.4 Å². The lowest BCUT2D eigenvalue weighted by molar-refractivity contribution is -0.131. The Bertz CT molecular complexity index is 1060. The number of hydrogen-bond donors (Lipinski definition) is 2. The van der Waals surface area contributed by atoms with Crippen molar-refractivity contribution in [2.24, 2.45) is 0 Å². The van der Waals surface area contributed by atoms with Gasteiger partial charge in [-0.1, -0.05) is 41.9 Å². The molecule has 158 valence electrons. The lowest BCUT2D eigenvalue weighted by Gasteiger charge is -2.18. The molecule has 0 radical (unpaired) electrons. The number of carbonyl (C=O) groups excluding carboxylic acids is 2. The third-order valence-corrected chi connectivity index (χ3v) is 5.39. The Morgan fingerprint density at radius 1 is 1.13 bits per heavy atom. The lowest BCUT2D eigenvalue weighted by Crippen LogP contribution is -2.44. The smallest absolute Gasteiger partial charge is 0.254 e. The second kappa shape index (κ2) is 9.73. The zero-order valence-corrected chi connectivity index (χ0v) is 17.5. The van der Waals surface area contributed by atoms with Gasteiger partial charge in [0, 0.05) is 30.0 Å². The molecule has 0 aliphatic carbocycles. The molecule has 1 aromatic heterocycles. The van der Waals surface area contributed by atoms with Gasteiger partial charge in [0.15, 0.2) is 6.10 Å². The number of hydrogen-bond acceptors (Lipinski definition) is 4. The Morgan fingerprint density at radius 2 is 1.97 bits per heavy atom. The summed E-state index contributed by atoms with van der Waals surface area (Å²) in [5.74, 6) is -0.439. The van der Waals surface area contributed by atoms with Gasteiger partial charge in [-0.05, 0) is 53.4 Å². The van der Waals surface area contributed by atoms with Crippen molar-refractivity contribution >= 4 is 23.4 Å². The summed E-state index contributed by atoms with van der Waals surface area (Å²) in [7, 11) is 0. The molecule has 0 unspecified atom stereocenters. The van der Waals surface area contributed by atoms with Gasteiger partial charge in [0.05, 0.1) is 12.2 Å². The number of nitrogens with one attached hydrogen (secondary N) is 2. The standard InChI is InChI=1S/C24H22ClN3O3/c25-20-8-6-16(7-9-20)17-3-1-4-18(13-17)22-24(30)28-21(10-12-31-22)15-27-23(29)19-5-2-11-26-14-19/h1-9,11,13-14,21-22H,10,12,15H2,(H,27,29)(H,28,30)/t21-,22-/m0/s1. The predicted octanol–water partition coefficient (Wildman–Crippen LogP) is 3.78. The van der Waals surface area contributed by atoms with E-state index in [-0.39, 0.29) is 17.9 Å². The first-order chi connectivity index (χ1) is 15.1. The van der Waals surface area contributed by atoms with Crippen LogP contribution in [0.15, 0.2) is 73.1 Å². The average molecular weight is 436 g/mol. The molecule has 2 N–H and O–H groups in total. The van der Waals surface area contributed by atoms with Gasteiger partial charge < -0.3 is 15.4 Å². The van der Waals surface area contributed by atoms with Crippen LogP contribution in [0.2, 0.25) is 5.02 Å². The monoisotopic (exact) mass is 435 g/mol. The van der Waals surface area contributed by atoms with Crippen molar-refractivity contribution in [2.45, 2.75) is 18.6 Å². The number of benzene rings is 2. The number of amides is 2. The fourth-order valence-electron chi connectivity index (χ4n) is 3.49. The Kier molecular flexibility index (Phi) is 6.60. The predicted molar refractivity (Wildman–Crippen MR) is 119 cm³/mol. The highest BCUT2D eigenvalue weighted by molar-refractivity contribution is 6.30. The summed E-state index contributed by atoms with van der Waals surface area (Å²) in [6.07, 6.45) is 3.02. The zero-order valence-electron chi connectivity index (χ0n) is 16.8. The van der Waals surface area contributed by atoms with Crippen LogP contribution in [-0.4, -0.2) is 36.0 Å². The van der Waals surface area contributed by atoms with Gasteiger partial charge in [0.1, 0.15) is 0 Å². The second-order valence-electron chi connectivity index (χ2n) is 7.33. The Labute approximate surface area is 185 Å². The Hall–Kier alpha value is -3.22. The summed E-state index contributed by atoms with van der Waals surface area (Å²) < 4.78 is 5.88. The molecule has 1 fully saturated rings. The van der Waals surface area contributed by atoms with E-state index in [2.05, 4.69) is 15.6 Å². The minimum atomic E-state index is -0.703. The molecular weight excluding hydrogens is 414 g/mol. The van der Waals surface area contributed by atoms with Crippen molar-refractivity contribution in [3.05, 3.63) is 89.2 Å². The molecule has 6 nitrogen and oxygen atoms in total. The minimum Gasteiger partial charge on any atom is -0.364 e. The molecule has 1 aliphatic heterocycles. The van der Waals surface area contributed by atoms with Gasteiger partial charge in [-0.25, -0.2) is 0 Å². The number of halogens is 1. The molecule has 0 spiro atoms. The van der Waals surface area contributed by atoms with Crippen molar-refractivity contribution in [3.63, 3.8) is 0 Å². The molecule has 4 rings (SSSR count). The molecular formula is C24H22ClN3O3. The summed E-state index contributed by atoms with van der Waals surface area (Å²) in [6.45, 7) is 0.725. The van der Waals surface area contributed by atoms with Crippen molar-refractivity contribution in [1.82, 2.24) is 15.6 Å². The highest BCUT2D eigenvalue weighted by Gasteiger charge is 2.28. The van der Waals surface area contributed by atoms with Crippen LogP contribution in [0.25, 0.3) is 11.1 Å². The van der Waals surface area contributed by atoms with E-state index in [4.69, 9.17) is 16.3 Å². The van der Waals surface area contributed by atoms with Crippen molar-refractivity contribution in [1.29, 1.82) is 0 Å². The summed E-state index contributed by atoms with van der Waals surface area (Å²) in [5, 5.41) is 6.51. The molecule has 2 atom stereocenters. The SMILES string of the molecule is O=C(NC[C@@H]1CCO[C@@H](c2cccc(-c3ccc(Cl)cc3)c2)C(=O)N1)c1cccnc1. The molecule has 2 aromatic carbocycles.